The lowest BCUT2D eigenvalue weighted by atomic mass is 9.48. The molecule has 21 heavy (non-hydrogen) atoms. The summed E-state index contributed by atoms with van der Waals surface area (Å²) in [6.07, 6.45) is 0.804. The second-order valence-electron chi connectivity index (χ2n) is 7.18. The third-order valence-corrected chi connectivity index (χ3v) is 5.43. The minimum Gasteiger partial charge on any atom is -0.481 e. The third-order valence-electron chi connectivity index (χ3n) is 5.43. The highest BCUT2D eigenvalue weighted by molar-refractivity contribution is 5.90. The van der Waals surface area contributed by atoms with E-state index in [9.17, 15) is 14.7 Å². The fourth-order valence-electron chi connectivity index (χ4n) is 3.80. The van der Waals surface area contributed by atoms with Crippen molar-refractivity contribution in [3.63, 3.8) is 0 Å². The molecule has 1 saturated carbocycles. The number of nitrogens with one attached hydrogen (secondary N) is 1. The van der Waals surface area contributed by atoms with Gasteiger partial charge in [-0.05, 0) is 12.3 Å². The van der Waals surface area contributed by atoms with Crippen LogP contribution in [0.15, 0.2) is 0 Å². The maximum absolute atomic E-state index is 12.6. The van der Waals surface area contributed by atoms with Crippen molar-refractivity contribution in [2.45, 2.75) is 45.8 Å². The van der Waals surface area contributed by atoms with Gasteiger partial charge in [-0.25, -0.2) is 0 Å². The average Bonchev–Trinajstić information content (AvgIpc) is 2.84. The number of ether oxygens (including phenoxy) is 1. The van der Waals surface area contributed by atoms with Crippen molar-refractivity contribution in [2.24, 2.45) is 28.9 Å². The molecule has 2 fully saturated rings. The Hall–Kier alpha value is -1.14. The first-order valence-corrected chi connectivity index (χ1v) is 7.55. The van der Waals surface area contributed by atoms with E-state index in [1.54, 1.807) is 0 Å². The van der Waals surface area contributed by atoms with Gasteiger partial charge in [0, 0.05) is 24.5 Å². The first kappa shape index (κ1) is 16.2. The lowest BCUT2D eigenvalue weighted by molar-refractivity contribution is -0.175. The van der Waals surface area contributed by atoms with Gasteiger partial charge in [0.1, 0.15) is 5.54 Å². The second kappa shape index (κ2) is 5.25. The van der Waals surface area contributed by atoms with Crippen LogP contribution in [0, 0.1) is 23.2 Å². The number of hydrogen-bond acceptors (Lipinski definition) is 4. The molecule has 1 heterocycles. The Labute approximate surface area is 125 Å². The summed E-state index contributed by atoms with van der Waals surface area (Å²) in [5, 5.41) is 11.9. The topological polar surface area (TPSA) is 102 Å². The quantitative estimate of drug-likeness (QED) is 0.690. The summed E-state index contributed by atoms with van der Waals surface area (Å²) in [4.78, 5) is 23.8. The zero-order chi connectivity index (χ0) is 16.0. The molecule has 2 aliphatic rings. The van der Waals surface area contributed by atoms with Crippen LogP contribution in [-0.2, 0) is 14.3 Å². The zero-order valence-corrected chi connectivity index (χ0v) is 13.2. The van der Waals surface area contributed by atoms with Crippen molar-refractivity contribution in [2.75, 3.05) is 13.2 Å². The highest BCUT2D eigenvalue weighted by atomic mass is 16.5. The molecular weight excluding hydrogens is 272 g/mol. The molecule has 1 aliphatic heterocycles. The minimum absolute atomic E-state index is 0.0219. The summed E-state index contributed by atoms with van der Waals surface area (Å²) >= 11 is 0. The number of carbonyl (C=O) groups excluding carboxylic acids is 1. The van der Waals surface area contributed by atoms with Crippen molar-refractivity contribution in [3.05, 3.63) is 0 Å². The summed E-state index contributed by atoms with van der Waals surface area (Å²) < 4.78 is 5.66. The Bertz CT molecular complexity index is 449. The Balaban J connectivity index is 2.05. The summed E-state index contributed by atoms with van der Waals surface area (Å²) in [7, 11) is 0. The van der Waals surface area contributed by atoms with Crippen LogP contribution in [0.1, 0.15) is 34.1 Å². The number of fused-ring (bicyclic) bond motifs is 1. The van der Waals surface area contributed by atoms with Crippen LogP contribution in [0.25, 0.3) is 0 Å². The van der Waals surface area contributed by atoms with Crippen LogP contribution in [0.5, 0.6) is 0 Å². The Morgan fingerprint density at radius 1 is 1.43 bits per heavy atom. The van der Waals surface area contributed by atoms with Crippen LogP contribution in [-0.4, -0.2) is 41.8 Å². The summed E-state index contributed by atoms with van der Waals surface area (Å²) in [5.74, 6) is -1.78. The van der Waals surface area contributed by atoms with Crippen molar-refractivity contribution in [1.29, 1.82) is 0 Å². The maximum atomic E-state index is 12.6. The van der Waals surface area contributed by atoms with Crippen LogP contribution in [0.2, 0.25) is 0 Å². The van der Waals surface area contributed by atoms with Gasteiger partial charge in [-0.3, -0.25) is 9.59 Å². The minimum atomic E-state index is -0.978. The highest BCUT2D eigenvalue weighted by Crippen LogP contribution is 2.58. The van der Waals surface area contributed by atoms with Crippen molar-refractivity contribution in [3.8, 4) is 0 Å². The van der Waals surface area contributed by atoms with E-state index in [1.165, 1.54) is 0 Å². The molecule has 4 atom stereocenters. The van der Waals surface area contributed by atoms with Gasteiger partial charge in [-0.15, -0.1) is 0 Å². The molecule has 4 N–H and O–H groups in total. The Morgan fingerprint density at radius 2 is 2.05 bits per heavy atom. The SMILES string of the molecule is CC(C)C(CNC(=O)C1(N)C2CCOC2C1(C)C)C(=O)O. The van der Waals surface area contributed by atoms with Crippen LogP contribution < -0.4 is 11.1 Å². The Morgan fingerprint density at radius 3 is 2.57 bits per heavy atom. The molecule has 120 valence electrons. The fraction of sp³-hybridized carbons (Fsp3) is 0.867. The van der Waals surface area contributed by atoms with E-state index < -0.39 is 22.8 Å². The van der Waals surface area contributed by atoms with Crippen molar-refractivity contribution >= 4 is 11.9 Å². The van der Waals surface area contributed by atoms with Gasteiger partial charge in [-0.1, -0.05) is 27.7 Å². The van der Waals surface area contributed by atoms with Crippen LogP contribution in [0.3, 0.4) is 0 Å². The molecule has 1 aliphatic carbocycles. The number of carboxylic acid groups (broad SMARTS) is 1. The summed E-state index contributed by atoms with van der Waals surface area (Å²) in [5.41, 5.74) is 4.99. The first-order valence-electron chi connectivity index (χ1n) is 7.55. The molecular formula is C15H26N2O4. The normalized spacial score (nSPS) is 35.0. The number of amides is 1. The predicted octanol–water partition coefficient (Wildman–Crippen LogP) is 0.602. The predicted molar refractivity (Wildman–Crippen MR) is 77.5 cm³/mol. The Kier molecular flexibility index (Phi) is 4.06. The number of aliphatic carboxylic acids is 1. The molecule has 1 amide bonds. The molecule has 0 radical (unpaired) electrons. The van der Waals surface area contributed by atoms with E-state index in [-0.39, 0.29) is 30.4 Å². The van der Waals surface area contributed by atoms with E-state index >= 15 is 0 Å². The number of carbonyl (C=O) groups is 2. The number of nitrogens with two attached hydrogens (primary N) is 1. The van der Waals surface area contributed by atoms with Crippen LogP contribution in [0.4, 0.5) is 0 Å². The number of carboxylic acids is 1. The highest BCUT2D eigenvalue weighted by Gasteiger charge is 2.71. The van der Waals surface area contributed by atoms with Crippen molar-refractivity contribution < 1.29 is 19.4 Å². The van der Waals surface area contributed by atoms with Gasteiger partial charge in [0.2, 0.25) is 5.91 Å². The van der Waals surface area contributed by atoms with E-state index in [2.05, 4.69) is 5.32 Å². The van der Waals surface area contributed by atoms with E-state index in [0.717, 1.165) is 6.42 Å². The van der Waals surface area contributed by atoms with E-state index in [0.29, 0.717) is 6.61 Å². The van der Waals surface area contributed by atoms with Gasteiger partial charge >= 0.3 is 5.97 Å². The average molecular weight is 298 g/mol. The van der Waals surface area contributed by atoms with Crippen LogP contribution >= 0.6 is 0 Å². The molecule has 2 rings (SSSR count). The van der Waals surface area contributed by atoms with Gasteiger partial charge in [0.05, 0.1) is 12.0 Å². The van der Waals surface area contributed by atoms with E-state index in [4.69, 9.17) is 10.5 Å². The molecule has 6 nitrogen and oxygen atoms in total. The molecule has 4 unspecified atom stereocenters. The standard InChI is InChI=1S/C15H26N2O4/c1-8(2)9(12(18)19)7-17-13(20)15(16)10-5-6-21-11(10)14(15,3)4/h8-11H,5-7,16H2,1-4H3,(H,17,20)(H,18,19). The van der Waals surface area contributed by atoms with E-state index in [1.807, 2.05) is 27.7 Å². The number of rotatable bonds is 5. The maximum Gasteiger partial charge on any atom is 0.308 e. The molecule has 1 saturated heterocycles. The monoisotopic (exact) mass is 298 g/mol. The van der Waals surface area contributed by atoms with Gasteiger partial charge < -0.3 is 20.9 Å². The molecule has 6 heteroatoms. The molecule has 0 aromatic heterocycles. The lowest BCUT2D eigenvalue weighted by Crippen LogP contribution is -2.80. The third kappa shape index (κ3) is 2.25. The van der Waals surface area contributed by atoms with Gasteiger partial charge in [0.15, 0.2) is 0 Å². The fourth-order valence-corrected chi connectivity index (χ4v) is 3.80. The summed E-state index contributed by atoms with van der Waals surface area (Å²) in [6, 6.07) is 0. The molecule has 0 spiro atoms. The summed E-state index contributed by atoms with van der Waals surface area (Å²) in [6.45, 7) is 8.29. The van der Waals surface area contributed by atoms with Gasteiger partial charge in [0.25, 0.3) is 0 Å². The van der Waals surface area contributed by atoms with Crippen molar-refractivity contribution in [1.82, 2.24) is 5.32 Å². The first-order chi connectivity index (χ1) is 9.64. The smallest absolute Gasteiger partial charge is 0.308 e. The number of hydrogen-bond donors (Lipinski definition) is 3. The zero-order valence-electron chi connectivity index (χ0n) is 13.2. The lowest BCUT2D eigenvalue weighted by Gasteiger charge is -2.60. The molecule has 0 bridgehead atoms. The molecule has 0 aromatic carbocycles. The molecule has 0 aromatic rings. The van der Waals surface area contributed by atoms with Gasteiger partial charge in [-0.2, -0.15) is 0 Å². The second-order valence-corrected chi connectivity index (χ2v) is 7.18. The largest absolute Gasteiger partial charge is 0.481 e.